The molecule has 2 unspecified atom stereocenters. The molecule has 0 fully saturated rings. The first-order chi connectivity index (χ1) is 8.45. The number of carbonyl (C=O) groups is 1. The van der Waals surface area contributed by atoms with Crippen LogP contribution in [0.4, 0.5) is 0 Å². The molecule has 18 heavy (non-hydrogen) atoms. The molecule has 108 valence electrons. The van der Waals surface area contributed by atoms with Crippen molar-refractivity contribution in [3.05, 3.63) is 0 Å². The minimum absolute atomic E-state index is 0.00400. The van der Waals surface area contributed by atoms with Crippen LogP contribution in [-0.2, 0) is 27.9 Å². The van der Waals surface area contributed by atoms with Gasteiger partial charge in [-0.3, -0.25) is 4.57 Å². The van der Waals surface area contributed by atoms with Gasteiger partial charge < -0.3 is 23.6 Å². The van der Waals surface area contributed by atoms with Gasteiger partial charge >= 0.3 is 13.6 Å². The lowest BCUT2D eigenvalue weighted by atomic mass is 10.1. The van der Waals surface area contributed by atoms with Crippen LogP contribution in [0.1, 0.15) is 13.3 Å². The Bertz CT molecular complexity index is 286. The fourth-order valence-corrected chi connectivity index (χ4v) is 2.38. The van der Waals surface area contributed by atoms with Gasteiger partial charge in [0.25, 0.3) is 5.85 Å². The third-order valence-electron chi connectivity index (χ3n) is 2.36. The maximum atomic E-state index is 12.1. The van der Waals surface area contributed by atoms with E-state index < -0.39 is 19.4 Å². The van der Waals surface area contributed by atoms with Gasteiger partial charge in [0, 0.05) is 20.8 Å². The highest BCUT2D eigenvalue weighted by Gasteiger charge is 2.42. The molecule has 8 heteroatoms. The molecule has 2 atom stereocenters. The summed E-state index contributed by atoms with van der Waals surface area (Å²) in [6.45, 7) is 1.98. The topological polar surface area (TPSA) is 91.3 Å². The second-order valence-electron chi connectivity index (χ2n) is 3.73. The summed E-state index contributed by atoms with van der Waals surface area (Å²) >= 11 is 0. The van der Waals surface area contributed by atoms with Gasteiger partial charge in [0.2, 0.25) is 0 Å². The average molecular weight is 284 g/mol. The van der Waals surface area contributed by atoms with Gasteiger partial charge in [-0.1, -0.05) is 6.92 Å². The maximum Gasteiger partial charge on any atom is 0.370 e. The molecular formula is C10H21O7P. The number of rotatable bonds is 9. The zero-order valence-corrected chi connectivity index (χ0v) is 12.0. The van der Waals surface area contributed by atoms with E-state index in [9.17, 15) is 9.36 Å². The van der Waals surface area contributed by atoms with Gasteiger partial charge in [0.15, 0.2) is 0 Å². The van der Waals surface area contributed by atoms with Crippen molar-refractivity contribution in [2.75, 3.05) is 34.5 Å². The van der Waals surface area contributed by atoms with E-state index in [1.165, 1.54) is 14.2 Å². The summed E-state index contributed by atoms with van der Waals surface area (Å²) in [5.41, 5.74) is 0. The third-order valence-corrected chi connectivity index (χ3v) is 4.31. The smallest absolute Gasteiger partial charge is 0.370 e. The van der Waals surface area contributed by atoms with Crippen LogP contribution in [0.3, 0.4) is 0 Å². The summed E-state index contributed by atoms with van der Waals surface area (Å²) in [7, 11) is -0.205. The molecule has 7 nitrogen and oxygen atoms in total. The number of hydrogen-bond acceptors (Lipinski definition) is 7. The number of ether oxygens (including phenoxy) is 2. The van der Waals surface area contributed by atoms with Crippen LogP contribution < -0.4 is 0 Å². The van der Waals surface area contributed by atoms with E-state index in [0.717, 1.165) is 7.11 Å². The summed E-state index contributed by atoms with van der Waals surface area (Å²) in [5, 5.41) is 8.76. The lowest BCUT2D eigenvalue weighted by molar-refractivity contribution is -0.150. The van der Waals surface area contributed by atoms with E-state index in [-0.39, 0.29) is 19.1 Å². The van der Waals surface area contributed by atoms with Crippen LogP contribution >= 0.6 is 7.60 Å². The van der Waals surface area contributed by atoms with Crippen LogP contribution in [-0.4, -0.2) is 51.5 Å². The Morgan fingerprint density at radius 2 is 1.83 bits per heavy atom. The van der Waals surface area contributed by atoms with E-state index in [4.69, 9.17) is 18.9 Å². The Morgan fingerprint density at radius 3 is 2.22 bits per heavy atom. The summed E-state index contributed by atoms with van der Waals surface area (Å²) < 4.78 is 31.3. The predicted molar refractivity (Wildman–Crippen MR) is 64.2 cm³/mol. The third kappa shape index (κ3) is 5.04. The van der Waals surface area contributed by atoms with E-state index in [0.29, 0.717) is 6.42 Å². The molecule has 1 N–H and O–H groups in total. The minimum atomic E-state index is -3.70. The molecule has 0 bridgehead atoms. The van der Waals surface area contributed by atoms with Crippen LogP contribution in [0.25, 0.3) is 0 Å². The van der Waals surface area contributed by atoms with Crippen molar-refractivity contribution in [3.63, 3.8) is 0 Å². The Labute approximate surface area is 107 Å². The van der Waals surface area contributed by atoms with Crippen LogP contribution in [0, 0.1) is 5.92 Å². The molecule has 0 amide bonds. The van der Waals surface area contributed by atoms with Crippen molar-refractivity contribution >= 4 is 13.6 Å². The highest BCUT2D eigenvalue weighted by atomic mass is 31.2. The largest absolute Gasteiger partial charge is 0.467 e. The number of aliphatic hydroxyl groups is 1. The van der Waals surface area contributed by atoms with Crippen LogP contribution in [0.5, 0.6) is 0 Å². The molecule has 0 aliphatic heterocycles. The molecule has 0 heterocycles. The van der Waals surface area contributed by atoms with Crippen molar-refractivity contribution in [2.24, 2.45) is 5.92 Å². The number of hydrogen-bond donors (Lipinski definition) is 1. The molecule has 0 rings (SSSR count). The number of carbonyl (C=O) groups excluding carboxylic acids is 1. The highest BCUT2D eigenvalue weighted by molar-refractivity contribution is 7.55. The summed E-state index contributed by atoms with van der Waals surface area (Å²) in [6, 6.07) is 0. The van der Waals surface area contributed by atoms with Crippen molar-refractivity contribution in [2.45, 2.75) is 19.2 Å². The van der Waals surface area contributed by atoms with Gasteiger partial charge in [-0.2, -0.15) is 0 Å². The zero-order valence-electron chi connectivity index (χ0n) is 11.1. The lowest BCUT2D eigenvalue weighted by Gasteiger charge is -2.23. The van der Waals surface area contributed by atoms with E-state index in [1.807, 2.05) is 6.92 Å². The Hall–Kier alpha value is -0.460. The molecule has 0 saturated heterocycles. The summed E-state index contributed by atoms with van der Waals surface area (Å²) in [6.07, 6.45) is 0.512. The lowest BCUT2D eigenvalue weighted by Crippen LogP contribution is -2.29. The number of methoxy groups -OCH3 is 1. The van der Waals surface area contributed by atoms with Crippen molar-refractivity contribution in [3.8, 4) is 0 Å². The molecule has 0 radical (unpaired) electrons. The Morgan fingerprint density at radius 1 is 1.28 bits per heavy atom. The number of esters is 1. The zero-order chi connectivity index (χ0) is 14.2. The van der Waals surface area contributed by atoms with Crippen LogP contribution in [0.15, 0.2) is 0 Å². The van der Waals surface area contributed by atoms with E-state index >= 15 is 0 Å². The SMILES string of the molecule is COC(=O)C(OCC(C)CCO)P(=O)(OC)OC. The van der Waals surface area contributed by atoms with Crippen molar-refractivity contribution in [1.29, 1.82) is 0 Å². The van der Waals surface area contributed by atoms with E-state index in [2.05, 4.69) is 4.74 Å². The van der Waals surface area contributed by atoms with E-state index in [1.54, 1.807) is 0 Å². The standard InChI is InChI=1S/C10H21O7P/c1-8(5-6-11)7-17-10(9(12)14-2)18(13,15-3)16-4/h8,10-11H,5-7H2,1-4H3. The van der Waals surface area contributed by atoms with Gasteiger partial charge in [-0.15, -0.1) is 0 Å². The average Bonchev–Trinajstić information content (AvgIpc) is 2.38. The van der Waals surface area contributed by atoms with Gasteiger partial charge in [0.05, 0.1) is 13.7 Å². The van der Waals surface area contributed by atoms with Crippen molar-refractivity contribution in [1.82, 2.24) is 0 Å². The maximum absolute atomic E-state index is 12.1. The second-order valence-corrected chi connectivity index (χ2v) is 6.01. The van der Waals surface area contributed by atoms with Crippen molar-refractivity contribution < 1.29 is 33.0 Å². The molecule has 0 aromatic rings. The summed E-state index contributed by atoms with van der Waals surface area (Å²) in [5.74, 6) is -2.24. The molecule has 0 aliphatic rings. The highest BCUT2D eigenvalue weighted by Crippen LogP contribution is 2.52. The first-order valence-corrected chi connectivity index (χ1v) is 7.07. The number of aliphatic hydroxyl groups excluding tert-OH is 1. The monoisotopic (exact) mass is 284 g/mol. The molecular weight excluding hydrogens is 263 g/mol. The fourth-order valence-electron chi connectivity index (χ4n) is 1.21. The van der Waals surface area contributed by atoms with Crippen LogP contribution in [0.2, 0.25) is 0 Å². The van der Waals surface area contributed by atoms with Gasteiger partial charge in [0.1, 0.15) is 0 Å². The van der Waals surface area contributed by atoms with Gasteiger partial charge in [-0.25, -0.2) is 4.79 Å². The van der Waals surface area contributed by atoms with Gasteiger partial charge in [-0.05, 0) is 12.3 Å². The fraction of sp³-hybridized carbons (Fsp3) is 0.900. The summed E-state index contributed by atoms with van der Waals surface area (Å²) in [4.78, 5) is 11.5. The first kappa shape index (κ1) is 17.5. The Kier molecular flexibility index (Phi) is 8.39. The molecule has 0 spiro atoms. The molecule has 0 aliphatic carbocycles. The molecule has 0 aromatic heterocycles. The predicted octanol–water partition coefficient (Wildman–Crippen LogP) is 1.01. The second kappa shape index (κ2) is 8.61. The first-order valence-electron chi connectivity index (χ1n) is 5.46. The quantitative estimate of drug-likeness (QED) is 0.499. The molecule has 0 saturated carbocycles. The normalized spacial score (nSPS) is 15.2. The minimum Gasteiger partial charge on any atom is -0.467 e. The Balaban J connectivity index is 4.70. The molecule has 0 aromatic carbocycles.